The summed E-state index contributed by atoms with van der Waals surface area (Å²) in [5.41, 5.74) is 2.19. The fraction of sp³-hybridized carbons (Fsp3) is 0.318. The zero-order valence-electron chi connectivity index (χ0n) is 16.8. The molecule has 0 unspecified atom stereocenters. The molecule has 1 aliphatic heterocycles. The lowest BCUT2D eigenvalue weighted by Crippen LogP contribution is -2.39. The first-order valence-electron chi connectivity index (χ1n) is 9.65. The Morgan fingerprint density at radius 2 is 1.79 bits per heavy atom. The van der Waals surface area contributed by atoms with Crippen LogP contribution in [0.2, 0.25) is 0 Å². The third kappa shape index (κ3) is 4.39. The molecule has 4 amide bonds. The highest BCUT2D eigenvalue weighted by molar-refractivity contribution is 6.16. The molecule has 1 aliphatic rings. The highest BCUT2D eigenvalue weighted by atomic mass is 16.5. The molecule has 1 atom stereocenters. The summed E-state index contributed by atoms with van der Waals surface area (Å²) in [6.45, 7) is 5.77. The number of imide groups is 1. The average molecular weight is 395 g/mol. The number of nitrogens with one attached hydrogen (secondary N) is 1. The van der Waals surface area contributed by atoms with Crippen molar-refractivity contribution in [3.63, 3.8) is 0 Å². The van der Waals surface area contributed by atoms with E-state index in [1.807, 2.05) is 32.0 Å². The van der Waals surface area contributed by atoms with Crippen LogP contribution in [0.25, 0.3) is 0 Å². The second kappa shape index (κ2) is 8.77. The van der Waals surface area contributed by atoms with Gasteiger partial charge in [0.05, 0.1) is 12.3 Å². The van der Waals surface area contributed by atoms with Crippen molar-refractivity contribution in [1.29, 1.82) is 0 Å². The van der Waals surface area contributed by atoms with E-state index in [0.717, 1.165) is 16.9 Å². The molecule has 0 saturated carbocycles. The van der Waals surface area contributed by atoms with Gasteiger partial charge >= 0.3 is 6.03 Å². The largest absolute Gasteiger partial charge is 0.491 e. The Kier molecular flexibility index (Phi) is 6.16. The summed E-state index contributed by atoms with van der Waals surface area (Å²) in [5, 5.41) is 2.74. The average Bonchev–Trinajstić information content (AvgIpc) is 2.91. The van der Waals surface area contributed by atoms with Crippen molar-refractivity contribution in [2.75, 3.05) is 23.4 Å². The molecule has 1 N–H and O–H groups in total. The van der Waals surface area contributed by atoms with Gasteiger partial charge < -0.3 is 10.1 Å². The fourth-order valence-corrected chi connectivity index (χ4v) is 3.15. The van der Waals surface area contributed by atoms with Crippen molar-refractivity contribution in [2.24, 2.45) is 0 Å². The summed E-state index contributed by atoms with van der Waals surface area (Å²) in [7, 11) is 0. The minimum atomic E-state index is -0.668. The first-order valence-corrected chi connectivity index (χ1v) is 9.65. The van der Waals surface area contributed by atoms with E-state index in [9.17, 15) is 14.4 Å². The van der Waals surface area contributed by atoms with Crippen LogP contribution in [0.1, 0.15) is 25.8 Å². The molecule has 0 aromatic heterocycles. The van der Waals surface area contributed by atoms with Gasteiger partial charge in [-0.2, -0.15) is 0 Å². The maximum absolute atomic E-state index is 12.8. The Balaban J connectivity index is 1.71. The van der Waals surface area contributed by atoms with Gasteiger partial charge in [-0.1, -0.05) is 36.8 Å². The molecule has 1 heterocycles. The number of ether oxygens (including phenoxy) is 1. The first-order chi connectivity index (χ1) is 13.9. The maximum atomic E-state index is 12.8. The Bertz CT molecular complexity index is 911. The van der Waals surface area contributed by atoms with Crippen LogP contribution in [0.4, 0.5) is 16.2 Å². The van der Waals surface area contributed by atoms with Gasteiger partial charge in [-0.25, -0.2) is 4.79 Å². The predicted molar refractivity (Wildman–Crippen MR) is 111 cm³/mol. The third-order valence-corrected chi connectivity index (χ3v) is 4.68. The topological polar surface area (TPSA) is 79.0 Å². The van der Waals surface area contributed by atoms with Crippen molar-refractivity contribution in [1.82, 2.24) is 4.90 Å². The van der Waals surface area contributed by atoms with Crippen LogP contribution in [0, 0.1) is 6.92 Å². The number of aryl methyl sites for hydroxylation is 1. The first kappa shape index (κ1) is 20.4. The lowest BCUT2D eigenvalue weighted by molar-refractivity contribution is -0.130. The molecule has 0 spiro atoms. The summed E-state index contributed by atoms with van der Waals surface area (Å²) < 4.78 is 5.63. The van der Waals surface area contributed by atoms with Crippen molar-refractivity contribution >= 4 is 29.2 Å². The quantitative estimate of drug-likeness (QED) is 0.727. The van der Waals surface area contributed by atoms with Crippen LogP contribution in [0.3, 0.4) is 0 Å². The molecule has 0 radical (unpaired) electrons. The van der Waals surface area contributed by atoms with Gasteiger partial charge in [-0.05, 0) is 44.5 Å². The van der Waals surface area contributed by atoms with E-state index in [1.165, 1.54) is 4.90 Å². The Morgan fingerprint density at radius 1 is 1.10 bits per heavy atom. The van der Waals surface area contributed by atoms with Gasteiger partial charge in [-0.15, -0.1) is 0 Å². The highest BCUT2D eigenvalue weighted by Gasteiger charge is 2.44. The molecule has 7 nitrogen and oxygen atoms in total. The highest BCUT2D eigenvalue weighted by Crippen LogP contribution is 2.27. The smallest absolute Gasteiger partial charge is 0.332 e. The molecule has 0 bridgehead atoms. The molecule has 0 aliphatic carbocycles. The Hall–Kier alpha value is -3.35. The predicted octanol–water partition coefficient (Wildman–Crippen LogP) is 3.58. The number of hydrogen-bond donors (Lipinski definition) is 1. The van der Waals surface area contributed by atoms with Gasteiger partial charge in [-0.3, -0.25) is 19.4 Å². The molecular weight excluding hydrogens is 370 g/mol. The van der Waals surface area contributed by atoms with Crippen LogP contribution in [-0.4, -0.2) is 41.9 Å². The van der Waals surface area contributed by atoms with Crippen LogP contribution >= 0.6 is 0 Å². The summed E-state index contributed by atoms with van der Waals surface area (Å²) in [5.74, 6) is -0.310. The molecule has 7 heteroatoms. The lowest BCUT2D eigenvalue weighted by Gasteiger charge is -2.19. The fourth-order valence-electron chi connectivity index (χ4n) is 3.15. The van der Waals surface area contributed by atoms with Gasteiger partial charge in [0.25, 0.3) is 5.91 Å². The summed E-state index contributed by atoms with van der Waals surface area (Å²) in [6, 6.07) is 13.2. The molecular formula is C22H25N3O4. The Labute approximate surface area is 170 Å². The van der Waals surface area contributed by atoms with Crippen LogP contribution in [0.15, 0.2) is 48.5 Å². The van der Waals surface area contributed by atoms with Gasteiger partial charge in [0, 0.05) is 5.69 Å². The molecule has 152 valence electrons. The van der Waals surface area contributed by atoms with E-state index in [-0.39, 0.29) is 6.54 Å². The van der Waals surface area contributed by atoms with E-state index in [1.54, 1.807) is 37.3 Å². The molecule has 2 aromatic rings. The van der Waals surface area contributed by atoms with E-state index >= 15 is 0 Å². The van der Waals surface area contributed by atoms with Crippen molar-refractivity contribution in [3.8, 4) is 5.75 Å². The van der Waals surface area contributed by atoms with E-state index in [0.29, 0.717) is 23.7 Å². The van der Waals surface area contributed by atoms with Gasteiger partial charge in [0.15, 0.2) is 0 Å². The van der Waals surface area contributed by atoms with Gasteiger partial charge in [0.2, 0.25) is 5.91 Å². The lowest BCUT2D eigenvalue weighted by atomic mass is 10.2. The van der Waals surface area contributed by atoms with E-state index < -0.39 is 23.9 Å². The van der Waals surface area contributed by atoms with E-state index in [2.05, 4.69) is 5.32 Å². The summed E-state index contributed by atoms with van der Waals surface area (Å²) >= 11 is 0. The van der Waals surface area contributed by atoms with Crippen LogP contribution < -0.4 is 15.0 Å². The molecule has 1 fully saturated rings. The molecule has 2 aromatic carbocycles. The third-order valence-electron chi connectivity index (χ3n) is 4.68. The number of carbonyl (C=O) groups excluding carboxylic acids is 3. The molecule has 29 heavy (non-hydrogen) atoms. The number of nitrogens with zero attached hydrogens (tertiary/aromatic N) is 2. The minimum absolute atomic E-state index is 0.355. The minimum Gasteiger partial charge on any atom is -0.491 e. The molecule has 3 rings (SSSR count). The number of carbonyl (C=O) groups is 3. The normalized spacial score (nSPS) is 16.3. The SMILES string of the molecule is CCCOc1ccccc1NC(=O)CN1C(=O)[C@@H](C)N(c2ccc(C)cc2)C1=O. The number of para-hydroxylation sites is 2. The second-order valence-electron chi connectivity index (χ2n) is 6.98. The molecule has 1 saturated heterocycles. The maximum Gasteiger partial charge on any atom is 0.332 e. The van der Waals surface area contributed by atoms with Crippen LogP contribution in [-0.2, 0) is 9.59 Å². The number of anilines is 2. The monoisotopic (exact) mass is 395 g/mol. The van der Waals surface area contributed by atoms with Crippen molar-refractivity contribution in [2.45, 2.75) is 33.2 Å². The Morgan fingerprint density at radius 3 is 2.48 bits per heavy atom. The second-order valence-corrected chi connectivity index (χ2v) is 6.98. The standard InChI is InChI=1S/C22H25N3O4/c1-4-13-29-19-8-6-5-7-18(19)23-20(26)14-24-21(27)16(3)25(22(24)28)17-11-9-15(2)10-12-17/h5-12,16H,4,13-14H2,1-3H3,(H,23,26)/t16-/m1/s1. The number of benzene rings is 2. The summed E-state index contributed by atoms with van der Waals surface area (Å²) in [6.07, 6.45) is 0.839. The number of hydrogen-bond acceptors (Lipinski definition) is 4. The van der Waals surface area contributed by atoms with Crippen molar-refractivity contribution < 1.29 is 19.1 Å². The van der Waals surface area contributed by atoms with Crippen LogP contribution in [0.5, 0.6) is 5.75 Å². The van der Waals surface area contributed by atoms with E-state index in [4.69, 9.17) is 4.74 Å². The van der Waals surface area contributed by atoms with Gasteiger partial charge in [0.1, 0.15) is 18.3 Å². The zero-order chi connectivity index (χ0) is 21.0. The zero-order valence-corrected chi connectivity index (χ0v) is 16.8. The summed E-state index contributed by atoms with van der Waals surface area (Å²) in [4.78, 5) is 40.4. The number of rotatable bonds is 7. The van der Waals surface area contributed by atoms with Crippen molar-refractivity contribution in [3.05, 3.63) is 54.1 Å². The number of urea groups is 1. The number of amides is 4.